The summed E-state index contributed by atoms with van der Waals surface area (Å²) in [7, 11) is 0. The molecule has 2 aliphatic heterocycles. The molecular weight excluding hydrogens is 407 g/mol. The molecule has 0 spiro atoms. The molecule has 2 heterocycles. The summed E-state index contributed by atoms with van der Waals surface area (Å²) >= 11 is 11.9. The van der Waals surface area contributed by atoms with Gasteiger partial charge in [0.25, 0.3) is 0 Å². The summed E-state index contributed by atoms with van der Waals surface area (Å²) in [5.41, 5.74) is 1.50. The van der Waals surface area contributed by atoms with Crippen LogP contribution in [0.25, 0.3) is 0 Å². The number of aliphatic hydroxyl groups excluding tert-OH is 2. The zero-order valence-electron chi connectivity index (χ0n) is 14.8. The highest BCUT2D eigenvalue weighted by Crippen LogP contribution is 2.37. The van der Waals surface area contributed by atoms with E-state index < -0.39 is 43.6 Å². The van der Waals surface area contributed by atoms with Gasteiger partial charge in [-0.3, -0.25) is 0 Å². The molecule has 150 valence electrons. The molecule has 2 aromatic carbocycles. The lowest BCUT2D eigenvalue weighted by Crippen LogP contribution is -2.49. The minimum atomic E-state index is -1.09. The quantitative estimate of drug-likeness (QED) is 0.784. The predicted molar refractivity (Wildman–Crippen MR) is 102 cm³/mol. The molecule has 0 saturated carbocycles. The van der Waals surface area contributed by atoms with E-state index >= 15 is 0 Å². The molecule has 2 saturated heterocycles. The minimum absolute atomic E-state index is 0.150. The lowest BCUT2D eigenvalue weighted by molar-refractivity contribution is -0.241. The van der Waals surface area contributed by atoms with E-state index in [1.165, 1.54) is 0 Å². The Labute approximate surface area is 172 Å². The number of hydrogen-bond donors (Lipinski definition) is 2. The Morgan fingerprint density at radius 1 is 0.821 bits per heavy atom. The van der Waals surface area contributed by atoms with E-state index in [9.17, 15) is 10.2 Å². The second-order valence-electron chi connectivity index (χ2n) is 6.72. The van der Waals surface area contributed by atoms with Crippen molar-refractivity contribution in [3.05, 3.63) is 69.7 Å². The van der Waals surface area contributed by atoms with Gasteiger partial charge < -0.3 is 29.2 Å². The molecule has 8 heteroatoms. The van der Waals surface area contributed by atoms with Gasteiger partial charge in [0, 0.05) is 21.2 Å². The lowest BCUT2D eigenvalue weighted by atomic mass is 10.0. The van der Waals surface area contributed by atoms with Crippen molar-refractivity contribution < 1.29 is 29.2 Å². The molecule has 2 unspecified atom stereocenters. The van der Waals surface area contributed by atoms with Crippen molar-refractivity contribution >= 4 is 23.2 Å². The van der Waals surface area contributed by atoms with Crippen LogP contribution in [-0.4, -0.2) is 47.8 Å². The van der Waals surface area contributed by atoms with Crippen molar-refractivity contribution in [3.63, 3.8) is 0 Å². The average Bonchev–Trinajstić information content (AvgIpc) is 3.12. The monoisotopic (exact) mass is 426 g/mol. The number of hydrogen-bond acceptors (Lipinski definition) is 6. The van der Waals surface area contributed by atoms with Gasteiger partial charge in [-0.1, -0.05) is 47.5 Å². The Balaban J connectivity index is 1.54. The summed E-state index contributed by atoms with van der Waals surface area (Å²) < 4.78 is 23.6. The van der Waals surface area contributed by atoms with E-state index in [2.05, 4.69) is 0 Å². The van der Waals surface area contributed by atoms with Gasteiger partial charge >= 0.3 is 0 Å². The molecule has 0 bridgehead atoms. The van der Waals surface area contributed by atoms with Gasteiger partial charge in [-0.2, -0.15) is 0 Å². The van der Waals surface area contributed by atoms with E-state index in [1.54, 1.807) is 48.5 Å². The summed E-state index contributed by atoms with van der Waals surface area (Å²) in [5.74, 6) is 0. The van der Waals surface area contributed by atoms with Crippen LogP contribution >= 0.6 is 23.2 Å². The highest BCUT2D eigenvalue weighted by molar-refractivity contribution is 6.30. The highest BCUT2D eigenvalue weighted by Gasteiger charge is 2.46. The summed E-state index contributed by atoms with van der Waals surface area (Å²) in [6, 6.07) is 14.1. The maximum Gasteiger partial charge on any atom is 0.184 e. The van der Waals surface area contributed by atoms with Gasteiger partial charge in [0.15, 0.2) is 12.6 Å². The van der Waals surface area contributed by atoms with Crippen molar-refractivity contribution in [2.75, 3.05) is 13.2 Å². The summed E-state index contributed by atoms with van der Waals surface area (Å²) in [6.07, 6.45) is -4.67. The fraction of sp³-hybridized carbons (Fsp3) is 0.400. The fourth-order valence-electron chi connectivity index (χ4n) is 3.33. The third kappa shape index (κ3) is 4.20. The molecular formula is C20H20Cl2O6. The maximum atomic E-state index is 10.8. The van der Waals surface area contributed by atoms with Crippen molar-refractivity contribution in [1.29, 1.82) is 0 Å². The average molecular weight is 427 g/mol. The van der Waals surface area contributed by atoms with Gasteiger partial charge in [0.05, 0.1) is 13.2 Å². The van der Waals surface area contributed by atoms with Crippen LogP contribution in [0.3, 0.4) is 0 Å². The van der Waals surface area contributed by atoms with Gasteiger partial charge in [-0.05, 0) is 24.3 Å². The summed E-state index contributed by atoms with van der Waals surface area (Å²) in [4.78, 5) is 0. The highest BCUT2D eigenvalue weighted by atomic mass is 35.5. The van der Waals surface area contributed by atoms with Crippen LogP contribution in [0.1, 0.15) is 23.7 Å². The van der Waals surface area contributed by atoms with Gasteiger partial charge in [0.1, 0.15) is 24.4 Å². The molecule has 0 aromatic heterocycles. The predicted octanol–water partition coefficient (Wildman–Crippen LogP) is 3.24. The van der Waals surface area contributed by atoms with Crippen molar-refractivity contribution in [2.24, 2.45) is 0 Å². The van der Waals surface area contributed by atoms with Crippen LogP contribution in [-0.2, 0) is 18.9 Å². The van der Waals surface area contributed by atoms with Gasteiger partial charge in [0.2, 0.25) is 0 Å². The number of aliphatic hydroxyl groups is 2. The van der Waals surface area contributed by atoms with Crippen LogP contribution < -0.4 is 0 Å². The van der Waals surface area contributed by atoms with Gasteiger partial charge in [-0.15, -0.1) is 0 Å². The SMILES string of the molecule is OC[C@@H]1OC(c2ccc(Cl)cc2)OC[C@H]2OC(c3ccc(Cl)cc3)O[C@H]2[C@@H]1O. The zero-order chi connectivity index (χ0) is 19.7. The lowest BCUT2D eigenvalue weighted by Gasteiger charge is -2.34. The van der Waals surface area contributed by atoms with Crippen LogP contribution in [0.5, 0.6) is 0 Å². The summed E-state index contributed by atoms with van der Waals surface area (Å²) in [5, 5.41) is 21.7. The van der Waals surface area contributed by atoms with Crippen LogP contribution in [0, 0.1) is 0 Å². The molecule has 2 N–H and O–H groups in total. The third-order valence-electron chi connectivity index (χ3n) is 4.84. The van der Waals surface area contributed by atoms with E-state index in [0.29, 0.717) is 10.0 Å². The Morgan fingerprint density at radius 2 is 1.39 bits per heavy atom. The molecule has 2 aliphatic rings. The molecule has 0 amide bonds. The Kier molecular flexibility index (Phi) is 6.20. The van der Waals surface area contributed by atoms with E-state index in [1.807, 2.05) is 0 Å². The third-order valence-corrected chi connectivity index (χ3v) is 5.34. The Hall–Kier alpha value is -1.22. The standard InChI is InChI=1S/C20H20Cl2O6/c21-13-5-1-11(2-6-13)19-25-10-16-18(17(24)15(9-23)26-19)28-20(27-16)12-3-7-14(22)8-4-12/h1-8,15-20,23-24H,9-10H2/t15-,16+,17+,18+,19?,20?/m0/s1. The zero-order valence-corrected chi connectivity index (χ0v) is 16.3. The molecule has 4 rings (SSSR count). The number of fused-ring (bicyclic) bond motifs is 1. The first-order chi connectivity index (χ1) is 13.5. The first kappa shape index (κ1) is 20.1. The van der Waals surface area contributed by atoms with Gasteiger partial charge in [-0.25, -0.2) is 0 Å². The number of halogens is 2. The van der Waals surface area contributed by atoms with Crippen LogP contribution in [0.15, 0.2) is 48.5 Å². The molecule has 2 aromatic rings. The van der Waals surface area contributed by atoms with E-state index in [4.69, 9.17) is 42.1 Å². The minimum Gasteiger partial charge on any atom is -0.394 e. The Morgan fingerprint density at radius 3 is 1.96 bits per heavy atom. The molecule has 28 heavy (non-hydrogen) atoms. The normalized spacial score (nSPS) is 33.1. The van der Waals surface area contributed by atoms with Crippen molar-refractivity contribution in [2.45, 2.75) is 37.0 Å². The second-order valence-corrected chi connectivity index (χ2v) is 7.60. The first-order valence-electron chi connectivity index (χ1n) is 8.93. The van der Waals surface area contributed by atoms with E-state index in [-0.39, 0.29) is 6.61 Å². The largest absolute Gasteiger partial charge is 0.394 e. The topological polar surface area (TPSA) is 77.4 Å². The van der Waals surface area contributed by atoms with Crippen molar-refractivity contribution in [3.8, 4) is 0 Å². The Bertz CT molecular complexity index is 784. The molecule has 0 radical (unpaired) electrons. The number of ether oxygens (including phenoxy) is 4. The van der Waals surface area contributed by atoms with Crippen molar-refractivity contribution in [1.82, 2.24) is 0 Å². The maximum absolute atomic E-state index is 10.8. The number of benzene rings is 2. The van der Waals surface area contributed by atoms with E-state index in [0.717, 1.165) is 11.1 Å². The first-order valence-corrected chi connectivity index (χ1v) is 9.68. The molecule has 6 nitrogen and oxygen atoms in total. The summed E-state index contributed by atoms with van der Waals surface area (Å²) in [6.45, 7) is -0.246. The van der Waals surface area contributed by atoms with Crippen LogP contribution in [0.2, 0.25) is 10.0 Å². The molecule has 2 fully saturated rings. The number of rotatable bonds is 3. The molecule has 6 atom stereocenters. The smallest absolute Gasteiger partial charge is 0.184 e. The second kappa shape index (κ2) is 8.65. The molecule has 0 aliphatic carbocycles. The fourth-order valence-corrected chi connectivity index (χ4v) is 3.58. The van der Waals surface area contributed by atoms with Crippen LogP contribution in [0.4, 0.5) is 0 Å².